The van der Waals surface area contributed by atoms with Gasteiger partial charge in [-0.05, 0) is 37.3 Å². The van der Waals surface area contributed by atoms with E-state index >= 15 is 0 Å². The molecule has 1 atom stereocenters. The molecule has 102 valence electrons. The molecule has 1 aliphatic carbocycles. The van der Waals surface area contributed by atoms with Gasteiger partial charge in [0.15, 0.2) is 0 Å². The van der Waals surface area contributed by atoms with Crippen LogP contribution in [0.1, 0.15) is 24.8 Å². The van der Waals surface area contributed by atoms with Crippen molar-refractivity contribution in [3.8, 4) is 0 Å². The summed E-state index contributed by atoms with van der Waals surface area (Å²) < 4.78 is 0. The van der Waals surface area contributed by atoms with Crippen LogP contribution in [0.15, 0.2) is 29.2 Å². The molecule has 4 heteroatoms. The molecule has 1 aliphatic heterocycles. The maximum absolute atomic E-state index is 12.6. The van der Waals surface area contributed by atoms with Crippen LogP contribution in [-0.4, -0.2) is 40.4 Å². The lowest BCUT2D eigenvalue weighted by atomic mass is 9.91. The highest BCUT2D eigenvalue weighted by Crippen LogP contribution is 2.38. The predicted molar refractivity (Wildman–Crippen MR) is 76.2 cm³/mol. The number of carbonyl (C=O) groups excluding carboxylic acids is 1. The van der Waals surface area contributed by atoms with E-state index in [2.05, 4.69) is 12.1 Å². The number of rotatable bonds is 4. The van der Waals surface area contributed by atoms with E-state index in [1.807, 2.05) is 17.0 Å². The molecular weight excluding hydrogens is 258 g/mol. The summed E-state index contributed by atoms with van der Waals surface area (Å²) in [7, 11) is 0. The van der Waals surface area contributed by atoms with E-state index in [0.717, 1.165) is 19.3 Å². The van der Waals surface area contributed by atoms with Gasteiger partial charge in [-0.1, -0.05) is 18.2 Å². The quantitative estimate of drug-likeness (QED) is 0.916. The number of hydrogen-bond donors (Lipinski definition) is 1. The standard InChI is InChI=1S/C15H19NO2S/c17-9-8-16(12-5-3-6-12)15(18)14-10-11-4-1-2-7-13(11)19-14/h1-2,4,7,12,14,17H,3,5-6,8-10H2. The second-order valence-corrected chi connectivity index (χ2v) is 6.50. The molecule has 1 aromatic carbocycles. The van der Waals surface area contributed by atoms with Gasteiger partial charge in [0.05, 0.1) is 11.9 Å². The molecule has 0 aromatic heterocycles. The second-order valence-electron chi connectivity index (χ2n) is 5.26. The molecule has 0 saturated heterocycles. The van der Waals surface area contributed by atoms with Crippen molar-refractivity contribution in [3.63, 3.8) is 0 Å². The molecule has 1 N–H and O–H groups in total. The molecule has 0 spiro atoms. The van der Waals surface area contributed by atoms with Crippen molar-refractivity contribution in [2.75, 3.05) is 13.2 Å². The van der Waals surface area contributed by atoms with Gasteiger partial charge < -0.3 is 10.0 Å². The smallest absolute Gasteiger partial charge is 0.236 e. The Morgan fingerprint density at radius 2 is 2.16 bits per heavy atom. The number of fused-ring (bicyclic) bond motifs is 1. The summed E-state index contributed by atoms with van der Waals surface area (Å²) >= 11 is 1.68. The van der Waals surface area contributed by atoms with Crippen molar-refractivity contribution in [2.45, 2.75) is 41.9 Å². The molecule has 0 radical (unpaired) electrons. The Bertz CT molecular complexity index is 448. The number of hydrogen-bond acceptors (Lipinski definition) is 3. The third-order valence-electron chi connectivity index (χ3n) is 4.06. The molecule has 2 aliphatic rings. The molecule has 1 amide bonds. The molecule has 0 bridgehead atoms. The lowest BCUT2D eigenvalue weighted by Gasteiger charge is -2.38. The number of carbonyl (C=O) groups is 1. The Labute approximate surface area is 118 Å². The fourth-order valence-corrected chi connectivity index (χ4v) is 4.05. The molecule has 3 rings (SSSR count). The minimum Gasteiger partial charge on any atom is -0.395 e. The highest BCUT2D eigenvalue weighted by atomic mass is 32.2. The Morgan fingerprint density at radius 1 is 1.37 bits per heavy atom. The summed E-state index contributed by atoms with van der Waals surface area (Å²) in [5.74, 6) is 0.208. The van der Waals surface area contributed by atoms with E-state index < -0.39 is 0 Å². The molecule has 1 saturated carbocycles. The number of benzene rings is 1. The van der Waals surface area contributed by atoms with Gasteiger partial charge in [-0.25, -0.2) is 0 Å². The third kappa shape index (κ3) is 2.51. The number of nitrogens with zero attached hydrogens (tertiary/aromatic N) is 1. The summed E-state index contributed by atoms with van der Waals surface area (Å²) in [6.45, 7) is 0.545. The zero-order valence-electron chi connectivity index (χ0n) is 10.9. The van der Waals surface area contributed by atoms with Gasteiger partial charge in [0, 0.05) is 17.5 Å². The van der Waals surface area contributed by atoms with Crippen LogP contribution < -0.4 is 0 Å². The molecule has 1 heterocycles. The van der Waals surface area contributed by atoms with E-state index in [0.29, 0.717) is 12.6 Å². The van der Waals surface area contributed by atoms with Crippen molar-refractivity contribution < 1.29 is 9.90 Å². The van der Waals surface area contributed by atoms with Gasteiger partial charge in [-0.3, -0.25) is 4.79 Å². The molecule has 1 unspecified atom stereocenters. The first-order valence-corrected chi connectivity index (χ1v) is 7.83. The lowest BCUT2D eigenvalue weighted by Crippen LogP contribution is -2.48. The van der Waals surface area contributed by atoms with Gasteiger partial charge in [-0.15, -0.1) is 11.8 Å². The van der Waals surface area contributed by atoms with Crippen LogP contribution in [-0.2, 0) is 11.2 Å². The van der Waals surface area contributed by atoms with Crippen LogP contribution in [0.4, 0.5) is 0 Å². The monoisotopic (exact) mass is 277 g/mol. The fraction of sp³-hybridized carbons (Fsp3) is 0.533. The average molecular weight is 277 g/mol. The number of thioether (sulfide) groups is 1. The zero-order valence-corrected chi connectivity index (χ0v) is 11.7. The zero-order chi connectivity index (χ0) is 13.2. The molecule has 1 fully saturated rings. The van der Waals surface area contributed by atoms with Crippen LogP contribution in [0.25, 0.3) is 0 Å². The summed E-state index contributed by atoms with van der Waals surface area (Å²) in [5, 5.41) is 9.17. The van der Waals surface area contributed by atoms with Crippen LogP contribution >= 0.6 is 11.8 Å². The molecular formula is C15H19NO2S. The minimum atomic E-state index is 0.00421. The van der Waals surface area contributed by atoms with E-state index in [-0.39, 0.29) is 17.8 Å². The van der Waals surface area contributed by atoms with Crippen molar-refractivity contribution in [3.05, 3.63) is 29.8 Å². The van der Waals surface area contributed by atoms with Gasteiger partial charge in [0.2, 0.25) is 5.91 Å². The van der Waals surface area contributed by atoms with E-state index in [9.17, 15) is 4.79 Å². The molecule has 3 nitrogen and oxygen atoms in total. The van der Waals surface area contributed by atoms with E-state index in [1.54, 1.807) is 11.8 Å². The third-order valence-corrected chi connectivity index (χ3v) is 5.37. The van der Waals surface area contributed by atoms with Crippen LogP contribution in [0.2, 0.25) is 0 Å². The fourth-order valence-electron chi connectivity index (χ4n) is 2.78. The Balaban J connectivity index is 1.70. The van der Waals surface area contributed by atoms with Crippen molar-refractivity contribution >= 4 is 17.7 Å². The summed E-state index contributed by atoms with van der Waals surface area (Å²) in [6.07, 6.45) is 4.22. The number of amides is 1. The summed E-state index contributed by atoms with van der Waals surface area (Å²) in [4.78, 5) is 15.8. The van der Waals surface area contributed by atoms with Gasteiger partial charge in [0.25, 0.3) is 0 Å². The highest BCUT2D eigenvalue weighted by molar-refractivity contribution is 8.01. The van der Waals surface area contributed by atoms with Gasteiger partial charge >= 0.3 is 0 Å². The normalized spacial score (nSPS) is 21.8. The van der Waals surface area contributed by atoms with Crippen molar-refractivity contribution in [1.82, 2.24) is 4.90 Å². The first-order chi connectivity index (χ1) is 9.29. The first kappa shape index (κ1) is 13.0. The van der Waals surface area contributed by atoms with E-state index in [1.165, 1.54) is 16.9 Å². The summed E-state index contributed by atoms with van der Waals surface area (Å²) in [6, 6.07) is 8.62. The maximum Gasteiger partial charge on any atom is 0.236 e. The number of aliphatic hydroxyl groups is 1. The summed E-state index contributed by atoms with van der Waals surface area (Å²) in [5.41, 5.74) is 1.28. The minimum absolute atomic E-state index is 0.00421. The van der Waals surface area contributed by atoms with Gasteiger partial charge in [-0.2, -0.15) is 0 Å². The van der Waals surface area contributed by atoms with Gasteiger partial charge in [0.1, 0.15) is 0 Å². The lowest BCUT2D eigenvalue weighted by molar-refractivity contribution is -0.135. The van der Waals surface area contributed by atoms with Crippen molar-refractivity contribution in [1.29, 1.82) is 0 Å². The Morgan fingerprint density at radius 3 is 2.79 bits per heavy atom. The topological polar surface area (TPSA) is 40.5 Å². The van der Waals surface area contributed by atoms with Crippen LogP contribution in [0.3, 0.4) is 0 Å². The van der Waals surface area contributed by atoms with Crippen LogP contribution in [0.5, 0.6) is 0 Å². The van der Waals surface area contributed by atoms with Crippen LogP contribution in [0, 0.1) is 0 Å². The first-order valence-electron chi connectivity index (χ1n) is 6.95. The predicted octanol–water partition coefficient (Wildman–Crippen LogP) is 2.08. The number of aliphatic hydroxyl groups excluding tert-OH is 1. The highest BCUT2D eigenvalue weighted by Gasteiger charge is 2.35. The average Bonchev–Trinajstić information content (AvgIpc) is 2.79. The Hall–Kier alpha value is -1.00. The largest absolute Gasteiger partial charge is 0.395 e. The molecule has 19 heavy (non-hydrogen) atoms. The Kier molecular flexibility index (Phi) is 3.80. The van der Waals surface area contributed by atoms with Crippen molar-refractivity contribution in [2.24, 2.45) is 0 Å². The second kappa shape index (κ2) is 5.55. The molecule has 1 aromatic rings. The SMILES string of the molecule is O=C(C1Cc2ccccc2S1)N(CCO)C1CCC1. The maximum atomic E-state index is 12.6. The van der Waals surface area contributed by atoms with E-state index in [4.69, 9.17) is 5.11 Å².